The molecule has 0 atom stereocenters. The number of hydrogen-bond donors (Lipinski definition) is 1. The van der Waals surface area contributed by atoms with E-state index in [1.165, 1.54) is 18.4 Å². The van der Waals surface area contributed by atoms with Crippen LogP contribution in [0.4, 0.5) is 5.13 Å². The normalized spacial score (nSPS) is 10.2. The molecule has 1 aromatic carbocycles. The van der Waals surface area contributed by atoms with Gasteiger partial charge in [0.25, 0.3) is 5.91 Å². The Morgan fingerprint density at radius 1 is 1.35 bits per heavy atom. The number of carbonyl (C=O) groups excluding carboxylic acids is 1. The third-order valence-corrected chi connectivity index (χ3v) is 2.86. The molecule has 0 bridgehead atoms. The quantitative estimate of drug-likeness (QED) is 0.897. The van der Waals surface area contributed by atoms with Crippen molar-refractivity contribution in [3.8, 4) is 10.6 Å². The average molecular weight is 249 g/mol. The van der Waals surface area contributed by atoms with Gasteiger partial charge in [-0.05, 0) is 0 Å². The molecule has 1 N–H and O–H groups in total. The summed E-state index contributed by atoms with van der Waals surface area (Å²) in [6.07, 6.45) is 0. The number of methoxy groups -OCH3 is 1. The summed E-state index contributed by atoms with van der Waals surface area (Å²) in [5, 5.41) is 11.8. The molecule has 0 saturated heterocycles. The fourth-order valence-electron chi connectivity index (χ4n) is 1.26. The van der Waals surface area contributed by atoms with Crippen LogP contribution in [0.5, 0.6) is 0 Å². The Balaban J connectivity index is 2.09. The van der Waals surface area contributed by atoms with Crippen molar-refractivity contribution in [3.05, 3.63) is 30.3 Å². The summed E-state index contributed by atoms with van der Waals surface area (Å²) >= 11 is 1.33. The molecular formula is C11H11N3O2S. The summed E-state index contributed by atoms with van der Waals surface area (Å²) in [6, 6.07) is 9.69. The largest absolute Gasteiger partial charge is 0.375 e. The number of nitrogens with zero attached hydrogens (tertiary/aromatic N) is 2. The predicted molar refractivity (Wildman–Crippen MR) is 65.9 cm³/mol. The van der Waals surface area contributed by atoms with Gasteiger partial charge in [-0.15, -0.1) is 10.2 Å². The van der Waals surface area contributed by atoms with E-state index in [1.807, 2.05) is 30.3 Å². The highest BCUT2D eigenvalue weighted by Gasteiger charge is 2.08. The molecule has 0 aliphatic heterocycles. The van der Waals surface area contributed by atoms with E-state index in [4.69, 9.17) is 4.74 Å². The average Bonchev–Trinajstić information content (AvgIpc) is 2.79. The van der Waals surface area contributed by atoms with Gasteiger partial charge in [-0.1, -0.05) is 41.7 Å². The summed E-state index contributed by atoms with van der Waals surface area (Å²) in [7, 11) is 1.47. The summed E-state index contributed by atoms with van der Waals surface area (Å²) in [5.41, 5.74) is 0.984. The van der Waals surface area contributed by atoms with Crippen LogP contribution in [-0.2, 0) is 9.53 Å². The molecule has 1 aromatic heterocycles. The zero-order valence-electron chi connectivity index (χ0n) is 9.21. The number of aromatic nitrogens is 2. The van der Waals surface area contributed by atoms with E-state index in [0.717, 1.165) is 10.6 Å². The second kappa shape index (κ2) is 5.51. The van der Waals surface area contributed by atoms with Crippen molar-refractivity contribution < 1.29 is 9.53 Å². The summed E-state index contributed by atoms with van der Waals surface area (Å²) in [6.45, 7) is 0.0141. The lowest BCUT2D eigenvalue weighted by atomic mass is 10.2. The van der Waals surface area contributed by atoms with E-state index < -0.39 is 0 Å². The first kappa shape index (κ1) is 11.7. The fourth-order valence-corrected chi connectivity index (χ4v) is 2.02. The van der Waals surface area contributed by atoms with Gasteiger partial charge in [0.2, 0.25) is 5.13 Å². The van der Waals surface area contributed by atoms with Crippen molar-refractivity contribution in [2.75, 3.05) is 19.0 Å². The lowest BCUT2D eigenvalue weighted by Gasteiger charge is -1.97. The molecule has 0 aliphatic rings. The molecule has 1 amide bonds. The molecule has 0 spiro atoms. The van der Waals surface area contributed by atoms with Crippen LogP contribution in [0.1, 0.15) is 0 Å². The monoisotopic (exact) mass is 249 g/mol. The highest BCUT2D eigenvalue weighted by molar-refractivity contribution is 7.18. The summed E-state index contributed by atoms with van der Waals surface area (Å²) < 4.78 is 4.71. The maximum absolute atomic E-state index is 11.3. The van der Waals surface area contributed by atoms with E-state index in [-0.39, 0.29) is 12.5 Å². The van der Waals surface area contributed by atoms with Crippen molar-refractivity contribution in [3.63, 3.8) is 0 Å². The van der Waals surface area contributed by atoms with Gasteiger partial charge in [0.15, 0.2) is 0 Å². The first-order chi connectivity index (χ1) is 8.29. The molecule has 0 saturated carbocycles. The molecule has 17 heavy (non-hydrogen) atoms. The molecule has 88 valence electrons. The van der Waals surface area contributed by atoms with Crippen molar-refractivity contribution in [1.29, 1.82) is 0 Å². The molecule has 0 fully saturated rings. The van der Waals surface area contributed by atoms with Crippen molar-refractivity contribution in [2.45, 2.75) is 0 Å². The number of carbonyl (C=O) groups is 1. The van der Waals surface area contributed by atoms with Crippen LogP contribution in [0.15, 0.2) is 30.3 Å². The minimum absolute atomic E-state index is 0.0141. The smallest absolute Gasteiger partial charge is 0.252 e. The maximum atomic E-state index is 11.3. The number of rotatable bonds is 4. The van der Waals surface area contributed by atoms with Crippen LogP contribution >= 0.6 is 11.3 Å². The second-order valence-corrected chi connectivity index (χ2v) is 4.24. The van der Waals surface area contributed by atoms with E-state index in [1.54, 1.807) is 0 Å². The molecule has 6 heteroatoms. The van der Waals surface area contributed by atoms with E-state index >= 15 is 0 Å². The first-order valence-electron chi connectivity index (χ1n) is 4.97. The van der Waals surface area contributed by atoms with Gasteiger partial charge in [-0.2, -0.15) is 0 Å². The van der Waals surface area contributed by atoms with Gasteiger partial charge in [-0.3, -0.25) is 10.1 Å². The van der Waals surface area contributed by atoms with Crippen molar-refractivity contribution in [2.24, 2.45) is 0 Å². The Kier molecular flexibility index (Phi) is 3.79. The van der Waals surface area contributed by atoms with Crippen LogP contribution in [0, 0.1) is 0 Å². The van der Waals surface area contributed by atoms with Gasteiger partial charge in [0, 0.05) is 12.7 Å². The number of benzene rings is 1. The van der Waals surface area contributed by atoms with Gasteiger partial charge >= 0.3 is 0 Å². The van der Waals surface area contributed by atoms with E-state index in [2.05, 4.69) is 15.5 Å². The molecule has 1 heterocycles. The molecular weight excluding hydrogens is 238 g/mol. The fraction of sp³-hybridized carbons (Fsp3) is 0.182. The summed E-state index contributed by atoms with van der Waals surface area (Å²) in [5.74, 6) is -0.233. The number of nitrogens with one attached hydrogen (secondary N) is 1. The number of amides is 1. The van der Waals surface area contributed by atoms with Crippen LogP contribution in [0.2, 0.25) is 0 Å². The van der Waals surface area contributed by atoms with E-state index in [9.17, 15) is 4.79 Å². The Bertz CT molecular complexity index is 498. The highest BCUT2D eigenvalue weighted by atomic mass is 32.1. The second-order valence-electron chi connectivity index (χ2n) is 3.26. The lowest BCUT2D eigenvalue weighted by molar-refractivity contribution is -0.119. The Morgan fingerprint density at radius 2 is 2.12 bits per heavy atom. The van der Waals surface area contributed by atoms with Crippen LogP contribution in [0.25, 0.3) is 10.6 Å². The lowest BCUT2D eigenvalue weighted by Crippen LogP contribution is -2.16. The van der Waals surface area contributed by atoms with E-state index in [0.29, 0.717) is 5.13 Å². The third kappa shape index (κ3) is 3.08. The van der Waals surface area contributed by atoms with Gasteiger partial charge < -0.3 is 4.74 Å². The number of anilines is 1. The Morgan fingerprint density at radius 3 is 2.82 bits per heavy atom. The minimum atomic E-state index is -0.233. The van der Waals surface area contributed by atoms with Crippen LogP contribution in [0.3, 0.4) is 0 Å². The highest BCUT2D eigenvalue weighted by Crippen LogP contribution is 2.25. The van der Waals surface area contributed by atoms with Gasteiger partial charge in [-0.25, -0.2) is 0 Å². The molecule has 2 rings (SSSR count). The first-order valence-corrected chi connectivity index (χ1v) is 5.79. The number of ether oxygens (including phenoxy) is 1. The number of hydrogen-bond acceptors (Lipinski definition) is 5. The van der Waals surface area contributed by atoms with Crippen molar-refractivity contribution >= 4 is 22.4 Å². The molecule has 2 aromatic rings. The van der Waals surface area contributed by atoms with Crippen molar-refractivity contribution in [1.82, 2.24) is 10.2 Å². The predicted octanol–water partition coefficient (Wildman–Crippen LogP) is 1.79. The van der Waals surface area contributed by atoms with Gasteiger partial charge in [0.1, 0.15) is 11.6 Å². The summed E-state index contributed by atoms with van der Waals surface area (Å²) in [4.78, 5) is 11.3. The minimum Gasteiger partial charge on any atom is -0.375 e. The Labute approximate surface area is 102 Å². The standard InChI is InChI=1S/C11H11N3O2S/c1-16-7-9(15)12-11-14-13-10(17-11)8-5-3-2-4-6-8/h2-6H,7H2,1H3,(H,12,14,15). The van der Waals surface area contributed by atoms with Crippen LogP contribution in [-0.4, -0.2) is 29.8 Å². The molecule has 0 radical (unpaired) electrons. The zero-order chi connectivity index (χ0) is 12.1. The van der Waals surface area contributed by atoms with Gasteiger partial charge in [0.05, 0.1) is 0 Å². The molecule has 0 unspecified atom stereocenters. The Hall–Kier alpha value is -1.79. The van der Waals surface area contributed by atoms with Crippen LogP contribution < -0.4 is 5.32 Å². The topological polar surface area (TPSA) is 64.1 Å². The SMILES string of the molecule is COCC(=O)Nc1nnc(-c2ccccc2)s1. The maximum Gasteiger partial charge on any atom is 0.252 e. The molecule has 5 nitrogen and oxygen atoms in total. The third-order valence-electron chi connectivity index (χ3n) is 1.97. The zero-order valence-corrected chi connectivity index (χ0v) is 10.0. The molecule has 0 aliphatic carbocycles.